The number of aromatic amines is 1. The van der Waals surface area contributed by atoms with Crippen LogP contribution in [0.15, 0.2) is 30.5 Å². The number of amides is 3. The smallest absolute Gasteiger partial charge is 0.280 e. The van der Waals surface area contributed by atoms with Crippen molar-refractivity contribution < 1.29 is 24.2 Å². The van der Waals surface area contributed by atoms with Crippen molar-refractivity contribution in [3.63, 3.8) is 0 Å². The van der Waals surface area contributed by atoms with Crippen LogP contribution >= 0.6 is 0 Å². The minimum absolute atomic E-state index is 0.0930. The van der Waals surface area contributed by atoms with Crippen LogP contribution in [0.3, 0.4) is 0 Å². The molecule has 10 heteroatoms. The summed E-state index contributed by atoms with van der Waals surface area (Å²) in [4.78, 5) is 46.8. The lowest BCUT2D eigenvalue weighted by Crippen LogP contribution is -2.71. The normalized spacial score (nSPS) is 34.7. The number of fused-ring (bicyclic) bond motifs is 3. The number of benzene rings is 1. The second-order valence-electron chi connectivity index (χ2n) is 11.8. The van der Waals surface area contributed by atoms with Gasteiger partial charge in [-0.25, -0.2) is 0 Å². The van der Waals surface area contributed by atoms with Crippen LogP contribution in [-0.4, -0.2) is 81.0 Å². The Labute approximate surface area is 221 Å². The zero-order chi connectivity index (χ0) is 27.1. The lowest BCUT2D eigenvalue weighted by Gasteiger charge is -2.45. The average molecular weight is 522 g/mol. The molecule has 0 saturated carbocycles. The molecule has 2 fully saturated rings. The second kappa shape index (κ2) is 8.39. The zero-order valence-electron chi connectivity index (χ0n) is 22.4. The van der Waals surface area contributed by atoms with Gasteiger partial charge in [-0.2, -0.15) is 0 Å². The number of aromatic nitrogens is 1. The van der Waals surface area contributed by atoms with E-state index in [1.165, 1.54) is 17.9 Å². The summed E-state index contributed by atoms with van der Waals surface area (Å²) >= 11 is 0. The highest BCUT2D eigenvalue weighted by Gasteiger charge is 2.66. The van der Waals surface area contributed by atoms with Gasteiger partial charge in [0.25, 0.3) is 11.8 Å². The van der Waals surface area contributed by atoms with Crippen LogP contribution in [0, 0.1) is 11.8 Å². The lowest BCUT2D eigenvalue weighted by atomic mass is 9.79. The summed E-state index contributed by atoms with van der Waals surface area (Å²) in [6.45, 7) is 7.38. The first-order valence-electron chi connectivity index (χ1n) is 13.3. The van der Waals surface area contributed by atoms with Crippen LogP contribution in [0.1, 0.15) is 45.2 Å². The van der Waals surface area contributed by atoms with Crippen LogP contribution in [-0.2, 0) is 25.5 Å². The molecule has 0 radical (unpaired) electrons. The Balaban J connectivity index is 1.30. The molecule has 2 aromatic rings. The molecule has 0 spiro atoms. The van der Waals surface area contributed by atoms with Crippen LogP contribution in [0.5, 0.6) is 0 Å². The van der Waals surface area contributed by atoms with Crippen molar-refractivity contribution in [3.8, 4) is 0 Å². The molecule has 1 aliphatic carbocycles. The fraction of sp³-hybridized carbons (Fsp3) is 0.536. The van der Waals surface area contributed by atoms with Gasteiger partial charge in [-0.1, -0.05) is 32.1 Å². The van der Waals surface area contributed by atoms with Crippen molar-refractivity contribution in [2.24, 2.45) is 11.8 Å². The van der Waals surface area contributed by atoms with E-state index in [2.05, 4.69) is 38.8 Å². The van der Waals surface area contributed by atoms with Crippen molar-refractivity contribution in [3.05, 3.63) is 41.6 Å². The molecule has 6 rings (SSSR count). The molecule has 38 heavy (non-hydrogen) atoms. The number of piperazine rings is 1. The quantitative estimate of drug-likeness (QED) is 0.481. The van der Waals surface area contributed by atoms with Crippen LogP contribution in [0.4, 0.5) is 0 Å². The van der Waals surface area contributed by atoms with Crippen LogP contribution in [0.25, 0.3) is 16.5 Å². The van der Waals surface area contributed by atoms with Gasteiger partial charge in [0.05, 0.1) is 5.92 Å². The number of nitrogens with one attached hydrogen (secondary N) is 3. The van der Waals surface area contributed by atoms with Gasteiger partial charge >= 0.3 is 0 Å². The summed E-state index contributed by atoms with van der Waals surface area (Å²) < 4.78 is 5.95. The Kier molecular flexibility index (Phi) is 5.54. The highest BCUT2D eigenvalue weighted by atomic mass is 16.7. The molecule has 4 heterocycles. The van der Waals surface area contributed by atoms with E-state index in [-0.39, 0.29) is 23.8 Å². The molecule has 1 aromatic carbocycles. The molecular weight excluding hydrogens is 486 g/mol. The van der Waals surface area contributed by atoms with E-state index in [1.54, 1.807) is 6.92 Å². The predicted molar refractivity (Wildman–Crippen MR) is 140 cm³/mol. The highest BCUT2D eigenvalue weighted by molar-refractivity contribution is 6.00. The van der Waals surface area contributed by atoms with Crippen LogP contribution < -0.4 is 10.6 Å². The molecule has 4 N–H and O–H groups in total. The number of H-pyrrole nitrogens is 1. The van der Waals surface area contributed by atoms with E-state index in [0.717, 1.165) is 28.0 Å². The molecule has 1 aromatic heterocycles. The molecule has 6 unspecified atom stereocenters. The Morgan fingerprint density at radius 1 is 1.32 bits per heavy atom. The summed E-state index contributed by atoms with van der Waals surface area (Å²) in [6.07, 6.45) is 5.28. The third-order valence-corrected chi connectivity index (χ3v) is 8.52. The standard InChI is InChI=1S/C28H35N5O5/c1-14(2)9-22-25(35)30-15(3)28(37)33(22)26(36)27(4,38-28)31-24(34)17-10-19-18-7-6-8-20-23(18)16(12-29-20)11-21(19)32(5)13-17/h6-8,10,12,14-15,17,21-22,29,37H,9,11,13H2,1-5H3,(H,30,35)(H,31,34). The first kappa shape index (κ1) is 25.1. The summed E-state index contributed by atoms with van der Waals surface area (Å²) in [5, 5.41) is 18.2. The number of carbonyl (C=O) groups excluding carboxylic acids is 3. The third kappa shape index (κ3) is 3.54. The summed E-state index contributed by atoms with van der Waals surface area (Å²) in [6, 6.07) is 4.53. The van der Waals surface area contributed by atoms with Gasteiger partial charge in [0.15, 0.2) is 0 Å². The van der Waals surface area contributed by atoms with Gasteiger partial charge in [0.2, 0.25) is 17.5 Å². The third-order valence-electron chi connectivity index (χ3n) is 8.52. The van der Waals surface area contributed by atoms with Crippen molar-refractivity contribution in [2.45, 2.75) is 70.3 Å². The first-order valence-corrected chi connectivity index (χ1v) is 13.3. The Bertz CT molecular complexity index is 1380. The number of nitrogens with zero attached hydrogens (tertiary/aromatic N) is 2. The molecule has 10 nitrogen and oxygen atoms in total. The van der Waals surface area contributed by atoms with E-state index < -0.39 is 35.5 Å². The number of hydrogen-bond acceptors (Lipinski definition) is 6. The molecular formula is C28H35N5O5. The number of hydrogen-bond donors (Lipinski definition) is 4. The lowest BCUT2D eigenvalue weighted by molar-refractivity contribution is -0.300. The molecule has 4 aliphatic rings. The summed E-state index contributed by atoms with van der Waals surface area (Å²) in [5.41, 5.74) is 2.72. The van der Waals surface area contributed by atoms with Gasteiger partial charge in [0.1, 0.15) is 12.1 Å². The van der Waals surface area contributed by atoms with E-state index in [1.807, 2.05) is 33.0 Å². The van der Waals surface area contributed by atoms with Crippen molar-refractivity contribution in [1.82, 2.24) is 25.4 Å². The maximum absolute atomic E-state index is 13.7. The fourth-order valence-corrected chi connectivity index (χ4v) is 6.63. The second-order valence-corrected chi connectivity index (χ2v) is 11.8. The van der Waals surface area contributed by atoms with E-state index in [9.17, 15) is 19.5 Å². The van der Waals surface area contributed by atoms with Crippen molar-refractivity contribution in [1.29, 1.82) is 0 Å². The minimum Gasteiger partial charge on any atom is -0.361 e. The minimum atomic E-state index is -2.07. The maximum Gasteiger partial charge on any atom is 0.280 e. The SMILES string of the molecule is CC(C)CC1C(=O)NC(C)C2(O)OC(C)(NC(=O)C3C=C4c5cccc6[nH]cc(c56)CC4N(C)C3)C(=O)N12. The van der Waals surface area contributed by atoms with Crippen molar-refractivity contribution >= 4 is 34.2 Å². The molecule has 6 atom stereocenters. The van der Waals surface area contributed by atoms with E-state index >= 15 is 0 Å². The fourth-order valence-electron chi connectivity index (χ4n) is 6.63. The topological polar surface area (TPSA) is 127 Å². The highest BCUT2D eigenvalue weighted by Crippen LogP contribution is 2.42. The van der Waals surface area contributed by atoms with Crippen LogP contribution in [0.2, 0.25) is 0 Å². The Morgan fingerprint density at radius 3 is 2.82 bits per heavy atom. The number of ether oxygens (including phenoxy) is 1. The van der Waals surface area contributed by atoms with E-state index in [4.69, 9.17) is 4.74 Å². The Hall–Kier alpha value is -3.21. The molecule has 2 saturated heterocycles. The van der Waals surface area contributed by atoms with Gasteiger partial charge in [-0.15, -0.1) is 0 Å². The van der Waals surface area contributed by atoms with Gasteiger partial charge in [0, 0.05) is 29.7 Å². The molecule has 3 amide bonds. The van der Waals surface area contributed by atoms with Gasteiger partial charge < -0.3 is 20.7 Å². The molecule has 202 valence electrons. The monoisotopic (exact) mass is 521 g/mol. The largest absolute Gasteiger partial charge is 0.361 e. The average Bonchev–Trinajstić information content (AvgIpc) is 3.35. The van der Waals surface area contributed by atoms with E-state index in [0.29, 0.717) is 13.0 Å². The summed E-state index contributed by atoms with van der Waals surface area (Å²) in [5.74, 6) is -3.86. The first-order chi connectivity index (χ1) is 17.9. The zero-order valence-corrected chi connectivity index (χ0v) is 22.4. The number of rotatable bonds is 4. The number of likely N-dealkylation sites (N-methyl/N-ethyl adjacent to an activating group) is 1. The van der Waals surface area contributed by atoms with Gasteiger partial charge in [-0.3, -0.25) is 28.9 Å². The predicted octanol–water partition coefficient (Wildman–Crippen LogP) is 1.31. The number of carbonyl (C=O) groups is 3. The van der Waals surface area contributed by atoms with Gasteiger partial charge in [-0.05, 0) is 62.4 Å². The number of aliphatic hydroxyl groups is 1. The van der Waals surface area contributed by atoms with Crippen molar-refractivity contribution in [2.75, 3.05) is 13.6 Å². The molecule has 3 aliphatic heterocycles. The molecule has 0 bridgehead atoms. The Morgan fingerprint density at radius 2 is 2.08 bits per heavy atom. The summed E-state index contributed by atoms with van der Waals surface area (Å²) in [7, 11) is 2.01. The maximum atomic E-state index is 13.7.